The summed E-state index contributed by atoms with van der Waals surface area (Å²) >= 11 is 1.91. The van der Waals surface area contributed by atoms with E-state index in [9.17, 15) is 0 Å². The summed E-state index contributed by atoms with van der Waals surface area (Å²) in [7, 11) is 0. The minimum absolute atomic E-state index is 0.267. The first-order valence-corrected chi connectivity index (χ1v) is 6.17. The Morgan fingerprint density at radius 1 is 1.40 bits per heavy atom. The minimum atomic E-state index is 0.267. The standard InChI is InChI=1S/C11H11NO2S/c1-2-4-10-9(3-1)12-11(14-10)13-8-5-6-15-7-8/h1-4,8H,5-7H2. The number of thioether (sulfide) groups is 1. The molecule has 0 spiro atoms. The number of nitrogens with zero attached hydrogens (tertiary/aromatic N) is 1. The van der Waals surface area contributed by atoms with E-state index >= 15 is 0 Å². The fourth-order valence-corrected chi connectivity index (χ4v) is 2.74. The van der Waals surface area contributed by atoms with Gasteiger partial charge in [-0.2, -0.15) is 16.7 Å². The highest BCUT2D eigenvalue weighted by atomic mass is 32.2. The molecule has 1 aromatic heterocycles. The summed E-state index contributed by atoms with van der Waals surface area (Å²) in [6.45, 7) is 0. The van der Waals surface area contributed by atoms with Crippen LogP contribution in [-0.2, 0) is 0 Å². The Hall–Kier alpha value is -1.16. The number of hydrogen-bond acceptors (Lipinski definition) is 4. The molecule has 1 aromatic carbocycles. The summed E-state index contributed by atoms with van der Waals surface area (Å²) in [5.41, 5.74) is 1.65. The minimum Gasteiger partial charge on any atom is -0.446 e. The molecule has 1 atom stereocenters. The van der Waals surface area contributed by atoms with Gasteiger partial charge < -0.3 is 9.15 Å². The Bertz CT molecular complexity index is 429. The van der Waals surface area contributed by atoms with Crippen LogP contribution in [0.1, 0.15) is 6.42 Å². The number of para-hydroxylation sites is 2. The van der Waals surface area contributed by atoms with Crippen LogP contribution < -0.4 is 4.74 Å². The van der Waals surface area contributed by atoms with Crippen molar-refractivity contribution in [2.45, 2.75) is 12.5 Å². The second kappa shape index (κ2) is 3.77. The Balaban J connectivity index is 1.84. The van der Waals surface area contributed by atoms with Gasteiger partial charge >= 0.3 is 6.08 Å². The molecule has 15 heavy (non-hydrogen) atoms. The Morgan fingerprint density at radius 3 is 3.13 bits per heavy atom. The molecular weight excluding hydrogens is 210 g/mol. The zero-order valence-electron chi connectivity index (χ0n) is 8.18. The van der Waals surface area contributed by atoms with Gasteiger partial charge in [0.25, 0.3) is 0 Å². The first-order chi connectivity index (χ1) is 7.42. The zero-order chi connectivity index (χ0) is 10.1. The van der Waals surface area contributed by atoms with Gasteiger partial charge in [-0.25, -0.2) is 0 Å². The van der Waals surface area contributed by atoms with Crippen LogP contribution in [0.15, 0.2) is 28.7 Å². The third-order valence-electron chi connectivity index (χ3n) is 2.43. The fraction of sp³-hybridized carbons (Fsp3) is 0.364. The van der Waals surface area contributed by atoms with Crippen molar-refractivity contribution >= 4 is 22.9 Å². The summed E-state index contributed by atoms with van der Waals surface area (Å²) in [4.78, 5) is 4.28. The van der Waals surface area contributed by atoms with Gasteiger partial charge in [-0.15, -0.1) is 0 Å². The molecule has 1 aliphatic heterocycles. The van der Waals surface area contributed by atoms with Crippen molar-refractivity contribution in [2.75, 3.05) is 11.5 Å². The van der Waals surface area contributed by atoms with Crippen LogP contribution in [0, 0.1) is 0 Å². The van der Waals surface area contributed by atoms with Gasteiger partial charge in [0, 0.05) is 5.75 Å². The van der Waals surface area contributed by atoms with Crippen molar-refractivity contribution in [2.24, 2.45) is 0 Å². The summed E-state index contributed by atoms with van der Waals surface area (Å²) in [6.07, 6.45) is 1.76. The van der Waals surface area contributed by atoms with Crippen molar-refractivity contribution in [3.8, 4) is 6.08 Å². The van der Waals surface area contributed by atoms with E-state index in [0.717, 1.165) is 23.3 Å². The topological polar surface area (TPSA) is 35.3 Å². The largest absolute Gasteiger partial charge is 0.446 e. The molecule has 0 aliphatic carbocycles. The molecule has 1 fully saturated rings. The van der Waals surface area contributed by atoms with Crippen molar-refractivity contribution in [1.29, 1.82) is 0 Å². The lowest BCUT2D eigenvalue weighted by Crippen LogP contribution is -2.14. The Labute approximate surface area is 91.8 Å². The zero-order valence-corrected chi connectivity index (χ0v) is 9.00. The maximum absolute atomic E-state index is 5.66. The smallest absolute Gasteiger partial charge is 0.394 e. The number of aromatic nitrogens is 1. The van der Waals surface area contributed by atoms with Crippen molar-refractivity contribution in [1.82, 2.24) is 4.98 Å². The fourth-order valence-electron chi connectivity index (χ4n) is 1.65. The van der Waals surface area contributed by atoms with Gasteiger partial charge in [0.2, 0.25) is 0 Å². The first kappa shape index (κ1) is 9.09. The molecule has 0 amide bonds. The van der Waals surface area contributed by atoms with Crippen LogP contribution in [0.3, 0.4) is 0 Å². The molecule has 0 bridgehead atoms. The summed E-state index contributed by atoms with van der Waals surface area (Å²) in [5, 5.41) is 0. The maximum Gasteiger partial charge on any atom is 0.394 e. The van der Waals surface area contributed by atoms with E-state index in [1.807, 2.05) is 36.0 Å². The van der Waals surface area contributed by atoms with Gasteiger partial charge in [-0.05, 0) is 24.3 Å². The van der Waals surface area contributed by atoms with E-state index in [-0.39, 0.29) is 6.10 Å². The molecule has 3 nitrogen and oxygen atoms in total. The molecule has 2 heterocycles. The lowest BCUT2D eigenvalue weighted by Gasteiger charge is -2.06. The highest BCUT2D eigenvalue weighted by molar-refractivity contribution is 7.99. The third-order valence-corrected chi connectivity index (χ3v) is 3.56. The predicted octanol–water partition coefficient (Wildman–Crippen LogP) is 2.71. The predicted molar refractivity (Wildman–Crippen MR) is 60.4 cm³/mol. The molecule has 0 saturated carbocycles. The van der Waals surface area contributed by atoms with Gasteiger partial charge in [-0.3, -0.25) is 0 Å². The van der Waals surface area contributed by atoms with Gasteiger partial charge in [0.05, 0.1) is 0 Å². The van der Waals surface area contributed by atoms with Crippen LogP contribution in [0.5, 0.6) is 6.08 Å². The molecule has 1 unspecified atom stereocenters. The van der Waals surface area contributed by atoms with E-state index < -0.39 is 0 Å². The van der Waals surface area contributed by atoms with E-state index in [4.69, 9.17) is 9.15 Å². The monoisotopic (exact) mass is 221 g/mol. The number of ether oxygens (including phenoxy) is 1. The lowest BCUT2D eigenvalue weighted by atomic mass is 10.3. The van der Waals surface area contributed by atoms with E-state index in [1.165, 1.54) is 5.75 Å². The molecule has 3 rings (SSSR count). The lowest BCUT2D eigenvalue weighted by molar-refractivity contribution is 0.171. The SMILES string of the molecule is c1ccc2oc(OC3CCSC3)nc2c1. The second-order valence-corrected chi connectivity index (χ2v) is 4.70. The molecular formula is C11H11NO2S. The number of fused-ring (bicyclic) bond motifs is 1. The normalized spacial score (nSPS) is 20.9. The van der Waals surface area contributed by atoms with Crippen molar-refractivity contribution in [3.05, 3.63) is 24.3 Å². The maximum atomic E-state index is 5.66. The summed E-state index contributed by atoms with van der Waals surface area (Å²) in [6, 6.07) is 7.70. The first-order valence-electron chi connectivity index (χ1n) is 5.02. The molecule has 78 valence electrons. The van der Waals surface area contributed by atoms with Gasteiger partial charge in [0.1, 0.15) is 11.6 Å². The average Bonchev–Trinajstić information content (AvgIpc) is 2.86. The van der Waals surface area contributed by atoms with Crippen LogP contribution >= 0.6 is 11.8 Å². The number of hydrogen-bond donors (Lipinski definition) is 0. The number of rotatable bonds is 2. The molecule has 4 heteroatoms. The second-order valence-electron chi connectivity index (χ2n) is 3.55. The van der Waals surface area contributed by atoms with Crippen LogP contribution in [-0.4, -0.2) is 22.6 Å². The number of benzene rings is 1. The highest BCUT2D eigenvalue weighted by Crippen LogP contribution is 2.25. The Morgan fingerprint density at radius 2 is 2.33 bits per heavy atom. The Kier molecular flexibility index (Phi) is 2.29. The van der Waals surface area contributed by atoms with E-state index in [2.05, 4.69) is 4.98 Å². The van der Waals surface area contributed by atoms with Crippen molar-refractivity contribution < 1.29 is 9.15 Å². The average molecular weight is 221 g/mol. The van der Waals surface area contributed by atoms with Crippen LogP contribution in [0.2, 0.25) is 0 Å². The molecule has 0 N–H and O–H groups in total. The van der Waals surface area contributed by atoms with Gasteiger partial charge in [0.15, 0.2) is 5.58 Å². The van der Waals surface area contributed by atoms with Crippen molar-refractivity contribution in [3.63, 3.8) is 0 Å². The highest BCUT2D eigenvalue weighted by Gasteiger charge is 2.19. The van der Waals surface area contributed by atoms with E-state index in [1.54, 1.807) is 0 Å². The molecule has 1 saturated heterocycles. The molecule has 2 aromatic rings. The van der Waals surface area contributed by atoms with Gasteiger partial charge in [-0.1, -0.05) is 12.1 Å². The summed E-state index contributed by atoms with van der Waals surface area (Å²) in [5.74, 6) is 2.21. The molecule has 1 aliphatic rings. The summed E-state index contributed by atoms with van der Waals surface area (Å²) < 4.78 is 11.1. The molecule has 0 radical (unpaired) electrons. The van der Waals surface area contributed by atoms with Crippen LogP contribution in [0.25, 0.3) is 11.1 Å². The number of oxazole rings is 1. The van der Waals surface area contributed by atoms with E-state index in [0.29, 0.717) is 6.08 Å². The third kappa shape index (κ3) is 1.81. The quantitative estimate of drug-likeness (QED) is 0.781. The van der Waals surface area contributed by atoms with Crippen LogP contribution in [0.4, 0.5) is 0 Å².